The molecule has 7 heteroatoms. The van der Waals surface area contributed by atoms with Crippen LogP contribution in [0.1, 0.15) is 70.6 Å². The van der Waals surface area contributed by atoms with Gasteiger partial charge in [-0.2, -0.15) is 5.26 Å². The molecule has 4 aliphatic rings. The Morgan fingerprint density at radius 3 is 2.66 bits per heavy atom. The molecule has 2 heterocycles. The van der Waals surface area contributed by atoms with Crippen molar-refractivity contribution in [2.75, 3.05) is 13.1 Å². The van der Waals surface area contributed by atoms with Gasteiger partial charge in [0.1, 0.15) is 17.9 Å². The van der Waals surface area contributed by atoms with Crippen LogP contribution in [0, 0.1) is 23.2 Å². The van der Waals surface area contributed by atoms with Gasteiger partial charge < -0.3 is 15.5 Å². The number of amides is 2. The number of ketones is 1. The number of Topliss-reactive ketones (excluding diaryl/α,β-unsaturated/α-hetero) is 1. The normalized spacial score (nSPS) is 31.7. The number of nitriles is 1. The summed E-state index contributed by atoms with van der Waals surface area (Å²) in [5.74, 6) is 0.401. The molecular formula is C22H32N4O3. The average molecular weight is 401 g/mol. The highest BCUT2D eigenvalue weighted by Crippen LogP contribution is 2.38. The monoisotopic (exact) mass is 400 g/mol. The van der Waals surface area contributed by atoms with Gasteiger partial charge in [0.05, 0.1) is 11.6 Å². The summed E-state index contributed by atoms with van der Waals surface area (Å²) in [6, 6.07) is 0.986. The molecule has 0 aromatic heterocycles. The molecule has 4 fully saturated rings. The summed E-state index contributed by atoms with van der Waals surface area (Å²) in [6.07, 6.45) is 9.24. The largest absolute Gasteiger partial charge is 0.339 e. The van der Waals surface area contributed by atoms with Crippen molar-refractivity contribution >= 4 is 17.6 Å². The number of carbonyl (C=O) groups excluding carboxylic acids is 3. The number of likely N-dealkylation sites (tertiary alicyclic amines) is 1. The van der Waals surface area contributed by atoms with Crippen LogP contribution in [0.15, 0.2) is 0 Å². The highest BCUT2D eigenvalue weighted by Gasteiger charge is 2.50. The maximum absolute atomic E-state index is 13.3. The molecule has 0 aromatic rings. The van der Waals surface area contributed by atoms with E-state index < -0.39 is 17.6 Å². The van der Waals surface area contributed by atoms with Crippen LogP contribution in [0.25, 0.3) is 0 Å². The van der Waals surface area contributed by atoms with E-state index in [1.165, 1.54) is 0 Å². The molecule has 2 saturated heterocycles. The Morgan fingerprint density at radius 1 is 1.21 bits per heavy atom. The van der Waals surface area contributed by atoms with Gasteiger partial charge in [0.15, 0.2) is 0 Å². The average Bonchev–Trinajstić information content (AvgIpc) is 3.40. The zero-order chi connectivity index (χ0) is 20.4. The van der Waals surface area contributed by atoms with Crippen molar-refractivity contribution in [3.05, 3.63) is 0 Å². The number of hydrogen-bond donors (Lipinski definition) is 2. The van der Waals surface area contributed by atoms with Gasteiger partial charge in [0.2, 0.25) is 11.8 Å². The third kappa shape index (κ3) is 4.32. The van der Waals surface area contributed by atoms with Gasteiger partial charge in [0.25, 0.3) is 0 Å². The predicted octanol–water partition coefficient (Wildman–Crippen LogP) is 1.67. The molecule has 2 amide bonds. The van der Waals surface area contributed by atoms with Crippen LogP contribution in [0.3, 0.4) is 0 Å². The number of piperidine rings is 1. The summed E-state index contributed by atoms with van der Waals surface area (Å²) in [5, 5.41) is 15.8. The van der Waals surface area contributed by atoms with E-state index in [0.717, 1.165) is 57.9 Å². The van der Waals surface area contributed by atoms with E-state index in [1.807, 2.05) is 0 Å². The predicted molar refractivity (Wildman–Crippen MR) is 107 cm³/mol. The first-order chi connectivity index (χ1) is 14.0. The Morgan fingerprint density at radius 2 is 2.03 bits per heavy atom. The van der Waals surface area contributed by atoms with Crippen molar-refractivity contribution in [2.24, 2.45) is 11.8 Å². The van der Waals surface area contributed by atoms with Crippen LogP contribution in [-0.4, -0.2) is 53.2 Å². The first-order valence-electron chi connectivity index (χ1n) is 11.3. The summed E-state index contributed by atoms with van der Waals surface area (Å²) in [7, 11) is 0. The Hall–Kier alpha value is -1.94. The molecule has 2 saturated carbocycles. The number of hydrogen-bond acceptors (Lipinski definition) is 5. The van der Waals surface area contributed by atoms with E-state index in [1.54, 1.807) is 4.90 Å². The van der Waals surface area contributed by atoms with Crippen LogP contribution >= 0.6 is 0 Å². The minimum absolute atomic E-state index is 0.0532. The molecule has 0 unspecified atom stereocenters. The maximum atomic E-state index is 13.3. The summed E-state index contributed by atoms with van der Waals surface area (Å²) < 4.78 is 0. The summed E-state index contributed by atoms with van der Waals surface area (Å²) in [6.45, 7) is 1.44. The lowest BCUT2D eigenvalue weighted by Gasteiger charge is -2.35. The Kier molecular flexibility index (Phi) is 5.91. The molecule has 4 rings (SSSR count). The van der Waals surface area contributed by atoms with Gasteiger partial charge in [-0.1, -0.05) is 12.8 Å². The lowest BCUT2D eigenvalue weighted by molar-refractivity contribution is -0.142. The lowest BCUT2D eigenvalue weighted by Crippen LogP contribution is -2.57. The van der Waals surface area contributed by atoms with Gasteiger partial charge >= 0.3 is 0 Å². The molecule has 0 bridgehead atoms. The van der Waals surface area contributed by atoms with E-state index in [4.69, 9.17) is 0 Å². The van der Waals surface area contributed by atoms with E-state index in [-0.39, 0.29) is 23.5 Å². The molecule has 4 atom stereocenters. The van der Waals surface area contributed by atoms with E-state index in [2.05, 4.69) is 16.7 Å². The Bertz CT molecular complexity index is 705. The molecule has 158 valence electrons. The number of rotatable bonds is 7. The molecule has 2 aliphatic heterocycles. The van der Waals surface area contributed by atoms with E-state index >= 15 is 0 Å². The fraction of sp³-hybridized carbons (Fsp3) is 0.818. The molecule has 2 N–H and O–H groups in total. The molecule has 0 aromatic carbocycles. The standard InChI is InChI=1S/C22H32N4O3/c23-14-17(13-16-4-3-5-19(16)27)25-20(28)18(12-15-6-7-15)26-11-9-22(21(26)29)8-1-2-10-24-22/h15-18,24H,1-13H2,(H,25,28)/t16-,17-,18-,22-/m0/s1. The van der Waals surface area contributed by atoms with Crippen LogP contribution in [-0.2, 0) is 14.4 Å². The highest BCUT2D eigenvalue weighted by atomic mass is 16.2. The minimum Gasteiger partial charge on any atom is -0.339 e. The van der Waals surface area contributed by atoms with E-state index in [0.29, 0.717) is 31.7 Å². The van der Waals surface area contributed by atoms with Crippen LogP contribution in [0.4, 0.5) is 0 Å². The maximum Gasteiger partial charge on any atom is 0.243 e. The SMILES string of the molecule is N#C[C@H](C[C@@H]1CCCC1=O)NC(=O)[C@H](CC1CC1)N1CC[C@@]2(CCCCN2)C1=O. The second-order valence-electron chi connectivity index (χ2n) is 9.39. The molecule has 29 heavy (non-hydrogen) atoms. The molecule has 1 spiro atoms. The second kappa shape index (κ2) is 8.43. The van der Waals surface area contributed by atoms with Gasteiger partial charge in [-0.05, 0) is 63.8 Å². The third-order valence-corrected chi connectivity index (χ3v) is 7.30. The number of carbonyl (C=O) groups is 3. The Balaban J connectivity index is 1.43. The fourth-order valence-electron chi connectivity index (χ4n) is 5.33. The quantitative estimate of drug-likeness (QED) is 0.677. The van der Waals surface area contributed by atoms with Crippen molar-refractivity contribution < 1.29 is 14.4 Å². The number of nitrogens with one attached hydrogen (secondary N) is 2. The van der Waals surface area contributed by atoms with Crippen LogP contribution < -0.4 is 10.6 Å². The minimum atomic E-state index is -0.671. The Labute approximate surface area is 172 Å². The van der Waals surface area contributed by atoms with Crippen molar-refractivity contribution in [3.63, 3.8) is 0 Å². The van der Waals surface area contributed by atoms with Crippen molar-refractivity contribution in [2.45, 2.75) is 88.3 Å². The second-order valence-corrected chi connectivity index (χ2v) is 9.39. The zero-order valence-electron chi connectivity index (χ0n) is 17.1. The first-order valence-corrected chi connectivity index (χ1v) is 11.3. The van der Waals surface area contributed by atoms with Crippen molar-refractivity contribution in [1.82, 2.24) is 15.5 Å². The van der Waals surface area contributed by atoms with Crippen molar-refractivity contribution in [1.29, 1.82) is 5.26 Å². The van der Waals surface area contributed by atoms with Gasteiger partial charge in [-0.15, -0.1) is 0 Å². The summed E-state index contributed by atoms with van der Waals surface area (Å²) in [5.41, 5.74) is -0.495. The van der Waals surface area contributed by atoms with Crippen LogP contribution in [0.2, 0.25) is 0 Å². The number of nitrogens with zero attached hydrogens (tertiary/aromatic N) is 2. The smallest absolute Gasteiger partial charge is 0.243 e. The third-order valence-electron chi connectivity index (χ3n) is 7.30. The first kappa shape index (κ1) is 20.3. The van der Waals surface area contributed by atoms with Gasteiger partial charge in [-0.25, -0.2) is 0 Å². The highest BCUT2D eigenvalue weighted by molar-refractivity contribution is 5.94. The molecule has 7 nitrogen and oxygen atoms in total. The summed E-state index contributed by atoms with van der Waals surface area (Å²) >= 11 is 0. The zero-order valence-corrected chi connectivity index (χ0v) is 17.1. The molecule has 2 aliphatic carbocycles. The van der Waals surface area contributed by atoms with Gasteiger partial charge in [0, 0.05) is 18.9 Å². The summed E-state index contributed by atoms with van der Waals surface area (Å²) in [4.78, 5) is 40.2. The van der Waals surface area contributed by atoms with Crippen molar-refractivity contribution in [3.8, 4) is 6.07 Å². The fourth-order valence-corrected chi connectivity index (χ4v) is 5.33. The topological polar surface area (TPSA) is 102 Å². The van der Waals surface area contributed by atoms with Crippen LogP contribution in [0.5, 0.6) is 0 Å². The van der Waals surface area contributed by atoms with E-state index in [9.17, 15) is 19.6 Å². The molecular weight excluding hydrogens is 368 g/mol. The molecule has 0 radical (unpaired) electrons. The van der Waals surface area contributed by atoms with Gasteiger partial charge in [-0.3, -0.25) is 14.4 Å². The lowest BCUT2D eigenvalue weighted by atomic mass is 9.87.